The van der Waals surface area contributed by atoms with Gasteiger partial charge in [-0.3, -0.25) is 9.52 Å². The first kappa shape index (κ1) is 17.5. The van der Waals surface area contributed by atoms with E-state index in [4.69, 9.17) is 0 Å². The molecule has 0 aromatic heterocycles. The van der Waals surface area contributed by atoms with Crippen LogP contribution in [0.1, 0.15) is 45.9 Å². The average molecular weight is 358 g/mol. The molecule has 132 valence electrons. The highest BCUT2D eigenvalue weighted by molar-refractivity contribution is 7.92. The molecular weight excluding hydrogens is 336 g/mol. The lowest BCUT2D eigenvalue weighted by Crippen LogP contribution is -2.31. The van der Waals surface area contributed by atoms with Gasteiger partial charge in [0.1, 0.15) is 0 Å². The van der Waals surface area contributed by atoms with Gasteiger partial charge in [0.25, 0.3) is 5.91 Å². The van der Waals surface area contributed by atoms with E-state index in [1.54, 1.807) is 25.1 Å². The zero-order valence-electron chi connectivity index (χ0n) is 14.4. The van der Waals surface area contributed by atoms with Gasteiger partial charge in [0.15, 0.2) is 0 Å². The van der Waals surface area contributed by atoms with Crippen LogP contribution >= 0.6 is 0 Å². The van der Waals surface area contributed by atoms with Crippen LogP contribution in [0.5, 0.6) is 0 Å². The van der Waals surface area contributed by atoms with Crippen LogP contribution in [-0.2, 0) is 16.4 Å². The van der Waals surface area contributed by atoms with Crippen LogP contribution in [0.15, 0.2) is 42.5 Å². The molecule has 1 aliphatic rings. The van der Waals surface area contributed by atoms with Gasteiger partial charge in [-0.15, -0.1) is 0 Å². The number of nitrogens with one attached hydrogen (secondary N) is 2. The van der Waals surface area contributed by atoms with Crippen LogP contribution in [0.2, 0.25) is 0 Å². The molecule has 0 bridgehead atoms. The molecular formula is C19H22N2O3S. The Hall–Kier alpha value is -2.34. The molecule has 1 atom stereocenters. The number of hydrogen-bond acceptors (Lipinski definition) is 3. The summed E-state index contributed by atoms with van der Waals surface area (Å²) < 4.78 is 25.2. The van der Waals surface area contributed by atoms with Crippen molar-refractivity contribution >= 4 is 21.6 Å². The Labute approximate surface area is 148 Å². The molecule has 6 heteroatoms. The van der Waals surface area contributed by atoms with E-state index in [0.717, 1.165) is 25.5 Å². The number of hydrogen-bond donors (Lipinski definition) is 2. The van der Waals surface area contributed by atoms with Crippen LogP contribution in [0.4, 0.5) is 5.69 Å². The minimum Gasteiger partial charge on any atom is -0.345 e. The summed E-state index contributed by atoms with van der Waals surface area (Å²) >= 11 is 0. The molecule has 3 rings (SSSR count). The quantitative estimate of drug-likeness (QED) is 0.881. The van der Waals surface area contributed by atoms with Gasteiger partial charge in [-0.2, -0.15) is 0 Å². The summed E-state index contributed by atoms with van der Waals surface area (Å²) in [7, 11) is -3.34. The van der Waals surface area contributed by atoms with Gasteiger partial charge in [0.2, 0.25) is 10.0 Å². The molecule has 0 saturated heterocycles. The van der Waals surface area contributed by atoms with Crippen molar-refractivity contribution in [1.29, 1.82) is 0 Å². The van der Waals surface area contributed by atoms with Crippen LogP contribution in [0, 0.1) is 6.92 Å². The Morgan fingerprint density at radius 1 is 1.16 bits per heavy atom. The fraction of sp³-hybridized carbons (Fsp3) is 0.316. The summed E-state index contributed by atoms with van der Waals surface area (Å²) in [5.74, 6) is -0.143. The maximum absolute atomic E-state index is 12.6. The number of amides is 1. The van der Waals surface area contributed by atoms with E-state index in [9.17, 15) is 13.2 Å². The lowest BCUT2D eigenvalue weighted by atomic mass is 9.87. The van der Waals surface area contributed by atoms with Crippen LogP contribution < -0.4 is 10.0 Å². The third-order valence-corrected chi connectivity index (χ3v) is 5.05. The first-order valence-corrected chi connectivity index (χ1v) is 10.2. The molecule has 0 spiro atoms. The fourth-order valence-corrected chi connectivity index (χ4v) is 3.89. The minimum atomic E-state index is -3.34. The summed E-state index contributed by atoms with van der Waals surface area (Å²) in [5.41, 5.74) is 4.21. The van der Waals surface area contributed by atoms with Crippen molar-refractivity contribution in [2.45, 2.75) is 32.2 Å². The molecule has 2 aromatic rings. The molecule has 0 saturated carbocycles. The van der Waals surface area contributed by atoms with E-state index in [0.29, 0.717) is 16.8 Å². The van der Waals surface area contributed by atoms with E-state index < -0.39 is 10.0 Å². The van der Waals surface area contributed by atoms with Crippen molar-refractivity contribution in [3.63, 3.8) is 0 Å². The summed E-state index contributed by atoms with van der Waals surface area (Å²) in [6.45, 7) is 1.78. The number of rotatable bonds is 4. The maximum Gasteiger partial charge on any atom is 0.251 e. The second-order valence-electron chi connectivity index (χ2n) is 6.52. The molecule has 0 fully saturated rings. The number of aryl methyl sites for hydroxylation is 2. The standard InChI is InChI=1S/C19H22N2O3S/c1-13-12-15(10-11-17(13)21-25(2,23)24)19(22)20-18-9-5-7-14-6-3-4-8-16(14)18/h3-4,6,8,10-12,18,21H,5,7,9H2,1-2H3,(H,20,22). The van der Waals surface area contributed by atoms with Crippen molar-refractivity contribution in [3.05, 3.63) is 64.7 Å². The molecule has 2 N–H and O–H groups in total. The largest absolute Gasteiger partial charge is 0.345 e. The van der Waals surface area contributed by atoms with Crippen LogP contribution in [0.3, 0.4) is 0 Å². The van der Waals surface area contributed by atoms with Gasteiger partial charge in [-0.25, -0.2) is 8.42 Å². The Morgan fingerprint density at radius 2 is 1.92 bits per heavy atom. The molecule has 1 aliphatic carbocycles. The number of fused-ring (bicyclic) bond motifs is 1. The normalized spacial score (nSPS) is 16.8. The summed E-state index contributed by atoms with van der Waals surface area (Å²) in [6.07, 6.45) is 4.13. The van der Waals surface area contributed by atoms with Gasteiger partial charge >= 0.3 is 0 Å². The molecule has 0 aliphatic heterocycles. The van der Waals surface area contributed by atoms with Gasteiger partial charge in [0.05, 0.1) is 18.0 Å². The predicted molar refractivity (Wildman–Crippen MR) is 99.2 cm³/mol. The molecule has 1 amide bonds. The first-order valence-electron chi connectivity index (χ1n) is 8.30. The topological polar surface area (TPSA) is 75.3 Å². The van der Waals surface area contributed by atoms with Crippen LogP contribution in [0.25, 0.3) is 0 Å². The van der Waals surface area contributed by atoms with Gasteiger partial charge in [-0.1, -0.05) is 24.3 Å². The van der Waals surface area contributed by atoms with Crippen molar-refractivity contribution < 1.29 is 13.2 Å². The fourth-order valence-electron chi connectivity index (χ4n) is 3.26. The minimum absolute atomic E-state index is 0.0200. The van der Waals surface area contributed by atoms with E-state index >= 15 is 0 Å². The average Bonchev–Trinajstić information content (AvgIpc) is 2.56. The van der Waals surface area contributed by atoms with Crippen molar-refractivity contribution in [2.75, 3.05) is 11.0 Å². The van der Waals surface area contributed by atoms with E-state index in [2.05, 4.69) is 22.2 Å². The van der Waals surface area contributed by atoms with Crippen molar-refractivity contribution in [1.82, 2.24) is 5.32 Å². The number of carbonyl (C=O) groups excluding carboxylic acids is 1. The van der Waals surface area contributed by atoms with E-state index in [-0.39, 0.29) is 11.9 Å². The van der Waals surface area contributed by atoms with Gasteiger partial charge < -0.3 is 5.32 Å². The SMILES string of the molecule is Cc1cc(C(=O)NC2CCCc3ccccc32)ccc1NS(C)(=O)=O. The van der Waals surface area contributed by atoms with Crippen molar-refractivity contribution in [2.24, 2.45) is 0 Å². The second kappa shape index (κ2) is 6.88. The van der Waals surface area contributed by atoms with Gasteiger partial charge in [-0.05, 0) is 61.1 Å². The Balaban J connectivity index is 1.77. The molecule has 0 heterocycles. The van der Waals surface area contributed by atoms with Crippen molar-refractivity contribution in [3.8, 4) is 0 Å². The number of benzene rings is 2. The highest BCUT2D eigenvalue weighted by Crippen LogP contribution is 2.29. The molecule has 5 nitrogen and oxygen atoms in total. The molecule has 25 heavy (non-hydrogen) atoms. The zero-order chi connectivity index (χ0) is 18.0. The maximum atomic E-state index is 12.6. The smallest absolute Gasteiger partial charge is 0.251 e. The first-order chi connectivity index (χ1) is 11.8. The second-order valence-corrected chi connectivity index (χ2v) is 8.27. The third kappa shape index (κ3) is 4.20. The third-order valence-electron chi connectivity index (χ3n) is 4.46. The predicted octanol–water partition coefficient (Wildman–Crippen LogP) is 3.17. The Bertz CT molecular complexity index is 907. The molecule has 2 aromatic carbocycles. The van der Waals surface area contributed by atoms with Gasteiger partial charge in [0, 0.05) is 5.56 Å². The molecule has 1 unspecified atom stereocenters. The lowest BCUT2D eigenvalue weighted by molar-refractivity contribution is 0.0932. The summed E-state index contributed by atoms with van der Waals surface area (Å²) in [5, 5.41) is 3.11. The van der Waals surface area contributed by atoms with Crippen LogP contribution in [-0.4, -0.2) is 20.6 Å². The number of sulfonamides is 1. The Kier molecular flexibility index (Phi) is 4.81. The monoisotopic (exact) mass is 358 g/mol. The number of carbonyl (C=O) groups is 1. The van der Waals surface area contributed by atoms with E-state index in [1.807, 2.05) is 12.1 Å². The number of anilines is 1. The summed E-state index contributed by atoms with van der Waals surface area (Å²) in [6, 6.07) is 13.2. The summed E-state index contributed by atoms with van der Waals surface area (Å²) in [4.78, 5) is 12.6. The Morgan fingerprint density at radius 3 is 2.64 bits per heavy atom. The zero-order valence-corrected chi connectivity index (χ0v) is 15.2. The highest BCUT2D eigenvalue weighted by atomic mass is 32.2. The molecule has 0 radical (unpaired) electrons. The van der Waals surface area contributed by atoms with E-state index in [1.165, 1.54) is 11.1 Å². The lowest BCUT2D eigenvalue weighted by Gasteiger charge is -2.26. The highest BCUT2D eigenvalue weighted by Gasteiger charge is 2.22.